The van der Waals surface area contributed by atoms with Crippen LogP contribution in [0.3, 0.4) is 0 Å². The van der Waals surface area contributed by atoms with E-state index in [1.54, 1.807) is 64.2 Å². The van der Waals surface area contributed by atoms with E-state index in [-0.39, 0.29) is 95.8 Å². The van der Waals surface area contributed by atoms with Crippen LogP contribution in [-0.2, 0) is 42.4 Å². The van der Waals surface area contributed by atoms with E-state index in [9.17, 15) is 61.6 Å². The average molecular weight is 1260 g/mol. The summed E-state index contributed by atoms with van der Waals surface area (Å²) in [6.07, 6.45) is 6.28. The fourth-order valence-corrected chi connectivity index (χ4v) is 12.9. The van der Waals surface area contributed by atoms with E-state index in [2.05, 4.69) is 10.2 Å². The smallest absolute Gasteiger partial charge is 0.409 e. The predicted molar refractivity (Wildman–Crippen MR) is 322 cm³/mol. The van der Waals surface area contributed by atoms with Crippen LogP contribution in [0.15, 0.2) is 101 Å². The zero-order valence-electron chi connectivity index (χ0n) is 51.1. The molecule has 0 aliphatic carbocycles. The molecule has 91 heavy (non-hydrogen) atoms. The Balaban J connectivity index is 0.000000202. The van der Waals surface area contributed by atoms with Gasteiger partial charge in [-0.1, -0.05) is 42.5 Å². The van der Waals surface area contributed by atoms with E-state index < -0.39 is 88.4 Å². The second-order valence-corrected chi connectivity index (χ2v) is 22.2. The molecule has 3 aromatic carbocycles. The summed E-state index contributed by atoms with van der Waals surface area (Å²) < 4.78 is 77.8. The number of fused-ring (bicyclic) bond motifs is 2. The summed E-state index contributed by atoms with van der Waals surface area (Å²) in [5, 5.41) is 44.7. The number of halogens is 4. The Bertz CT molecular complexity index is 4030. The molecule has 8 heterocycles. The van der Waals surface area contributed by atoms with Gasteiger partial charge >= 0.3 is 12.2 Å². The lowest BCUT2D eigenvalue weighted by Gasteiger charge is -2.57. The first-order valence-electron chi connectivity index (χ1n) is 29.8. The maximum absolute atomic E-state index is 14.5. The van der Waals surface area contributed by atoms with E-state index in [1.165, 1.54) is 51.0 Å². The second kappa shape index (κ2) is 26.4. The molecule has 482 valence electrons. The lowest BCUT2D eigenvalue weighted by Crippen LogP contribution is -2.72. The lowest BCUT2D eigenvalue weighted by atomic mass is 9.91. The third kappa shape index (κ3) is 11.7. The number of carbonyl (C=O) groups is 4. The van der Waals surface area contributed by atoms with Gasteiger partial charge in [-0.3, -0.25) is 38.6 Å². The number of carbonyl (C=O) groups excluding carboxylic acids is 4. The van der Waals surface area contributed by atoms with Gasteiger partial charge in [0.15, 0.2) is 22.9 Å². The van der Waals surface area contributed by atoms with Crippen LogP contribution in [0.4, 0.5) is 27.2 Å². The topological polar surface area (TPSA) is 256 Å². The van der Waals surface area contributed by atoms with Crippen molar-refractivity contribution in [1.29, 1.82) is 0 Å². The third-order valence-electron chi connectivity index (χ3n) is 17.4. The molecule has 2 saturated heterocycles. The van der Waals surface area contributed by atoms with Crippen LogP contribution in [-0.4, -0.2) is 166 Å². The van der Waals surface area contributed by atoms with Crippen molar-refractivity contribution in [2.45, 2.75) is 97.6 Å². The Morgan fingerprint density at radius 2 is 1.02 bits per heavy atom. The number of nitrogens with zero attached hydrogens (tertiary/aromatic N) is 12. The van der Waals surface area contributed by atoms with Crippen molar-refractivity contribution in [3.8, 4) is 33.8 Å². The summed E-state index contributed by atoms with van der Waals surface area (Å²) in [5.74, 6) is -4.92. The number of piperidine rings is 2. The number of likely N-dealkylation sites (tertiary alicyclic amines) is 2. The highest BCUT2D eigenvalue weighted by molar-refractivity contribution is 5.99. The van der Waals surface area contributed by atoms with Gasteiger partial charge in [0.25, 0.3) is 11.8 Å². The number of aromatic nitrogens is 6. The first-order valence-corrected chi connectivity index (χ1v) is 29.8. The van der Waals surface area contributed by atoms with Crippen LogP contribution in [0.1, 0.15) is 102 Å². The van der Waals surface area contributed by atoms with Crippen LogP contribution < -0.4 is 25.6 Å². The summed E-state index contributed by atoms with van der Waals surface area (Å²) in [5.41, 5.74) is -1.82. The zero-order chi connectivity index (χ0) is 65.2. The number of aliphatic hydroxyl groups excluding tert-OH is 2. The maximum Gasteiger partial charge on any atom is 0.409 e. The highest BCUT2D eigenvalue weighted by Crippen LogP contribution is 2.42. The molecule has 0 radical (unpaired) electrons. The van der Waals surface area contributed by atoms with Crippen molar-refractivity contribution in [2.75, 3.05) is 76.6 Å². The average Bonchev–Trinajstić information content (AvgIpc) is 1.53. The van der Waals surface area contributed by atoms with E-state index in [0.717, 1.165) is 29.8 Å². The number of amides is 4. The maximum atomic E-state index is 14.5. The molecule has 0 saturated carbocycles. The molecule has 2 spiro atoms. The van der Waals surface area contributed by atoms with Crippen molar-refractivity contribution in [3.63, 3.8) is 0 Å². The molecule has 4 aliphatic rings. The quantitative estimate of drug-likeness (QED) is 0.0948. The Morgan fingerprint density at radius 1 is 0.593 bits per heavy atom. The largest absolute Gasteiger partial charge is 0.502 e. The van der Waals surface area contributed by atoms with Gasteiger partial charge in [-0.15, -0.1) is 0 Å². The molecule has 0 unspecified atom stereocenters. The molecule has 24 nitrogen and oxygen atoms in total. The number of hydrogen-bond donors (Lipinski definition) is 3. The third-order valence-corrected chi connectivity index (χ3v) is 17.4. The summed E-state index contributed by atoms with van der Waals surface area (Å²) in [6, 6.07) is 15.6. The molecular formula is C63H70F4N12O12. The highest BCUT2D eigenvalue weighted by Gasteiger charge is 2.54. The molecular weight excluding hydrogens is 1190 g/mol. The number of aromatic hydroxyl groups is 1. The zero-order valence-corrected chi connectivity index (χ0v) is 51.1. The summed E-state index contributed by atoms with van der Waals surface area (Å²) in [7, 11) is 3.49. The first kappa shape index (κ1) is 64.3. The second-order valence-electron chi connectivity index (χ2n) is 22.2. The Kier molecular flexibility index (Phi) is 18.7. The van der Waals surface area contributed by atoms with Crippen LogP contribution in [0.25, 0.3) is 22.3 Å². The SMILES string of the molecule is CCOC(=O)N1CCC2(CC1)N(CC)C(=O)c1c(O)c(=O)c(-c3cnn(Cc4ccc(F)cc4F)c3)c(CO)n1N2C.CCOC(=O)N1CCC2(CC1)N(CC)C(=O)c1c(OCc3ccccc3)c(=O)c(-c3cnn(Cc4ccc(F)cc4F)c3)c(CO)n1N2C. The molecule has 3 N–H and O–H groups in total. The van der Waals surface area contributed by atoms with E-state index in [4.69, 9.17) is 14.2 Å². The first-order chi connectivity index (χ1) is 43.7. The fourth-order valence-electron chi connectivity index (χ4n) is 12.9. The summed E-state index contributed by atoms with van der Waals surface area (Å²) >= 11 is 0. The summed E-state index contributed by atoms with van der Waals surface area (Å²) in [4.78, 5) is 87.7. The predicted octanol–water partition coefficient (Wildman–Crippen LogP) is 6.33. The van der Waals surface area contributed by atoms with Crippen molar-refractivity contribution >= 4 is 24.0 Å². The van der Waals surface area contributed by atoms with Gasteiger partial charge in [-0.2, -0.15) is 10.2 Å². The van der Waals surface area contributed by atoms with Gasteiger partial charge in [-0.25, -0.2) is 36.5 Å². The van der Waals surface area contributed by atoms with Crippen LogP contribution in [0, 0.1) is 23.3 Å². The Hall–Kier alpha value is -9.70. The Morgan fingerprint density at radius 3 is 1.44 bits per heavy atom. The van der Waals surface area contributed by atoms with Crippen molar-refractivity contribution in [3.05, 3.63) is 175 Å². The van der Waals surface area contributed by atoms with Gasteiger partial charge in [0.05, 0.1) is 74.4 Å². The number of aliphatic hydroxyl groups is 2. The van der Waals surface area contributed by atoms with E-state index in [1.807, 2.05) is 42.3 Å². The minimum absolute atomic E-state index is 0.00708. The standard InChI is InChI=1S/C35H38F2N6O6.C28H32F2N6O6/c1-4-42-33(46)30-32(49-22-23-9-7-6-8-10-23)31(45)29(25-18-38-41(20-25)19-24-11-12-26(36)17-27(24)37)28(21-44)43(30)39(3)35(42)13-15-40(16-14-35)34(47)48-5-2;1-4-35-26(40)23-25(39)24(38)22(18-13-31-34(15-18)14-17-6-7-19(29)12-20(17)30)21(16-37)36(23)32(3)28(35)8-10-33(11-9-28)27(41)42-5-2/h6-12,17-18,20,44H,4-5,13-16,19,21-22H2,1-3H3;6-7,12-13,15,37,39H,4-5,8-11,14,16H2,1-3H3. The number of pyridine rings is 2. The van der Waals surface area contributed by atoms with Crippen molar-refractivity contribution in [1.82, 2.24) is 48.5 Å². The molecule has 11 rings (SSSR count). The van der Waals surface area contributed by atoms with Crippen molar-refractivity contribution < 1.29 is 66.3 Å². The minimum Gasteiger partial charge on any atom is -0.502 e. The van der Waals surface area contributed by atoms with E-state index >= 15 is 0 Å². The molecule has 0 bridgehead atoms. The highest BCUT2D eigenvalue weighted by atomic mass is 19.1. The van der Waals surface area contributed by atoms with Crippen molar-refractivity contribution in [2.24, 2.45) is 0 Å². The van der Waals surface area contributed by atoms with Crippen LogP contribution >= 0.6 is 0 Å². The molecule has 4 amide bonds. The van der Waals surface area contributed by atoms with Gasteiger partial charge in [0.2, 0.25) is 10.9 Å². The number of hydrogen-bond acceptors (Lipinski definition) is 16. The fraction of sp³-hybridized carbons (Fsp3) is 0.397. The van der Waals surface area contributed by atoms with Gasteiger partial charge in [0, 0.05) is 126 Å². The van der Waals surface area contributed by atoms with Crippen LogP contribution in [0.5, 0.6) is 11.5 Å². The van der Waals surface area contributed by atoms with Gasteiger partial charge in [-0.05, 0) is 45.4 Å². The Labute approximate surface area is 519 Å². The molecule has 7 aromatic rings. The van der Waals surface area contributed by atoms with Gasteiger partial charge < -0.3 is 49.1 Å². The van der Waals surface area contributed by atoms with E-state index in [0.29, 0.717) is 64.0 Å². The van der Waals surface area contributed by atoms with Gasteiger partial charge in [0.1, 0.15) is 41.2 Å². The number of benzene rings is 3. The monoisotopic (exact) mass is 1260 g/mol. The normalized spacial score (nSPS) is 15.8. The minimum atomic E-state index is -0.936. The summed E-state index contributed by atoms with van der Waals surface area (Å²) in [6.45, 7) is 7.95. The molecule has 4 aliphatic heterocycles. The molecule has 2 fully saturated rings. The number of rotatable bonds is 15. The van der Waals surface area contributed by atoms with Crippen LogP contribution in [0.2, 0.25) is 0 Å². The molecule has 28 heteroatoms. The lowest BCUT2D eigenvalue weighted by molar-refractivity contribution is -0.00271. The molecule has 4 aromatic heterocycles. The molecule has 0 atom stereocenters. The number of ether oxygens (including phenoxy) is 3.